The Bertz CT molecular complexity index is 2890. The fraction of sp³-hybridized carbons (Fsp3) is 0.500. The second-order valence-corrected chi connectivity index (χ2v) is 34.4. The lowest BCUT2D eigenvalue weighted by Gasteiger charge is -2.38. The first-order valence-electron chi connectivity index (χ1n) is 26.8. The highest BCUT2D eigenvalue weighted by Crippen LogP contribution is 2.77. The van der Waals surface area contributed by atoms with Crippen molar-refractivity contribution in [2.24, 2.45) is 16.7 Å². The Morgan fingerprint density at radius 3 is 1.36 bits per heavy atom. The lowest BCUT2D eigenvalue weighted by Crippen LogP contribution is -2.46. The van der Waals surface area contributed by atoms with Crippen molar-refractivity contribution in [1.29, 1.82) is 0 Å². The molecule has 4 aliphatic rings. The van der Waals surface area contributed by atoms with Crippen LogP contribution in [0, 0.1) is 16.7 Å². The molecule has 2 saturated carbocycles. The number of carbonyl (C=O) groups is 1. The summed E-state index contributed by atoms with van der Waals surface area (Å²) in [5, 5.41) is 0. The van der Waals surface area contributed by atoms with Crippen LogP contribution in [0.4, 0.5) is 0 Å². The first kappa shape index (κ1) is 57.1. The molecule has 4 aromatic carbocycles. The van der Waals surface area contributed by atoms with E-state index in [0.717, 1.165) is 38.5 Å². The molecule has 6 atom stereocenters. The quantitative estimate of drug-likeness (QED) is 0.111. The molecule has 1 unspecified atom stereocenters. The van der Waals surface area contributed by atoms with Gasteiger partial charge in [0.1, 0.15) is 37.1 Å². The monoisotopic (exact) mass is 1060 g/mol. The normalized spacial score (nSPS) is 24.7. The van der Waals surface area contributed by atoms with Crippen LogP contribution in [0.2, 0.25) is 0 Å². The zero-order valence-electron chi connectivity index (χ0n) is 46.4. The molecule has 2 bridgehead atoms. The number of benzene rings is 4. The molecule has 0 N–H and O–H groups in total. The van der Waals surface area contributed by atoms with E-state index in [4.69, 9.17) is 0 Å². The van der Waals surface area contributed by atoms with Gasteiger partial charge in [0.2, 0.25) is 6.33 Å². The summed E-state index contributed by atoms with van der Waals surface area (Å²) in [6.07, 6.45) is 18.9. The van der Waals surface area contributed by atoms with Crippen LogP contribution < -0.4 is 4.57 Å². The van der Waals surface area contributed by atoms with Gasteiger partial charge in [-0.3, -0.25) is 4.79 Å². The molecule has 398 valence electrons. The van der Waals surface area contributed by atoms with Crippen molar-refractivity contribution in [3.63, 3.8) is 0 Å². The van der Waals surface area contributed by atoms with Gasteiger partial charge in [0, 0.05) is 52.4 Å². The zero-order valence-corrected chi connectivity index (χ0v) is 49.0. The molecule has 12 heteroatoms. The van der Waals surface area contributed by atoms with Crippen LogP contribution in [0.5, 0.6) is 0 Å². The number of nitrogens with zero attached hydrogens (tertiary/aromatic N) is 4. The zero-order chi connectivity index (χ0) is 54.0. The third kappa shape index (κ3) is 12.1. The Kier molecular flexibility index (Phi) is 17.1. The van der Waals surface area contributed by atoms with Crippen LogP contribution in [-0.4, -0.2) is 45.5 Å². The Labute approximate surface area is 444 Å². The summed E-state index contributed by atoms with van der Waals surface area (Å²) in [5.41, 5.74) is 5.07. The van der Waals surface area contributed by atoms with Gasteiger partial charge in [-0.15, -0.1) is 0 Å². The highest BCUT2D eigenvalue weighted by atomic mass is 32.2. The number of carbonyl (C=O) groups excluding carboxylic acids is 1. The number of Topliss-reactive ketones (excluding diaryl/α,β-unsaturated/α-hetero) is 1. The number of hydrogen-bond acceptors (Lipinski definition) is 6. The van der Waals surface area contributed by atoms with Crippen LogP contribution in [0.3, 0.4) is 0 Å². The summed E-state index contributed by atoms with van der Waals surface area (Å²) in [6.45, 7) is 24.3. The number of fused-ring (bicyclic) bond motifs is 2. The predicted molar refractivity (Wildman–Crippen MR) is 305 cm³/mol. The lowest BCUT2D eigenvalue weighted by molar-refractivity contribution is -0.678. The highest BCUT2D eigenvalue weighted by Gasteiger charge is 2.66. The van der Waals surface area contributed by atoms with Gasteiger partial charge in [0.25, 0.3) is 0 Å². The minimum Gasteiger partial charge on any atom is -0.332 e. The van der Waals surface area contributed by atoms with Gasteiger partial charge < -0.3 is 13.7 Å². The third-order valence-electron chi connectivity index (χ3n) is 17.1. The lowest BCUT2D eigenvalue weighted by atomic mass is 9.70. The van der Waals surface area contributed by atoms with E-state index in [-0.39, 0.29) is 50.7 Å². The number of aromatic nitrogens is 4. The largest absolute Gasteiger partial charge is 0.332 e. The summed E-state index contributed by atoms with van der Waals surface area (Å²) in [4.78, 5) is 16.3. The van der Waals surface area contributed by atoms with E-state index >= 15 is 0 Å². The fourth-order valence-corrected chi connectivity index (χ4v) is 21.2. The number of sulfone groups is 1. The van der Waals surface area contributed by atoms with Gasteiger partial charge in [0.05, 0.1) is 24.0 Å². The molecule has 0 spiro atoms. The van der Waals surface area contributed by atoms with E-state index in [9.17, 15) is 22.3 Å². The number of hydrogen-bond donors (Lipinski definition) is 0. The molecule has 9 nitrogen and oxygen atoms in total. The van der Waals surface area contributed by atoms with Crippen molar-refractivity contribution in [1.82, 2.24) is 14.1 Å². The second kappa shape index (κ2) is 22.2. The molecule has 2 saturated heterocycles. The van der Waals surface area contributed by atoms with Gasteiger partial charge in [-0.2, -0.15) is 0 Å². The molecular formula is C62H85N4O5P2S+. The van der Waals surface area contributed by atoms with E-state index < -0.39 is 34.3 Å². The summed E-state index contributed by atoms with van der Waals surface area (Å²) in [5.74, 6) is 0.586. The fourth-order valence-electron chi connectivity index (χ4n) is 12.1. The molecule has 2 aliphatic carbocycles. The van der Waals surface area contributed by atoms with Crippen LogP contribution in [-0.2, 0) is 41.1 Å². The van der Waals surface area contributed by atoms with Gasteiger partial charge >= 0.3 is 0 Å². The maximum Gasteiger partial charge on any atom is 0.244 e. The molecule has 10 rings (SSSR count). The van der Waals surface area contributed by atoms with Crippen LogP contribution >= 0.6 is 14.3 Å². The van der Waals surface area contributed by atoms with Gasteiger partial charge in [-0.1, -0.05) is 135 Å². The minimum atomic E-state index is -3.25. The number of ketones is 1. The molecule has 6 aromatic rings. The van der Waals surface area contributed by atoms with Crippen molar-refractivity contribution >= 4 is 29.9 Å². The van der Waals surface area contributed by atoms with E-state index in [1.54, 1.807) is 27.0 Å². The summed E-state index contributed by atoms with van der Waals surface area (Å²) >= 11 is 0. The average Bonchev–Trinajstić information content (AvgIpc) is 4.21. The van der Waals surface area contributed by atoms with E-state index in [2.05, 4.69) is 166 Å². The number of rotatable bonds is 8. The molecule has 0 amide bonds. The van der Waals surface area contributed by atoms with E-state index in [1.165, 1.54) is 22.3 Å². The second-order valence-electron chi connectivity index (χ2n) is 25.1. The molecule has 4 heterocycles. The van der Waals surface area contributed by atoms with Crippen molar-refractivity contribution in [2.75, 3.05) is 12.4 Å². The van der Waals surface area contributed by atoms with Crippen LogP contribution in [0.25, 0.3) is 0 Å². The van der Waals surface area contributed by atoms with E-state index in [1.807, 2.05) is 67.7 Å². The molecule has 2 aliphatic heterocycles. The first-order chi connectivity index (χ1) is 34.6. The maximum atomic E-state index is 14.7. The maximum absolute atomic E-state index is 14.7. The van der Waals surface area contributed by atoms with E-state index in [0.29, 0.717) is 18.6 Å². The molecule has 0 radical (unpaired) electrons. The predicted octanol–water partition coefficient (Wildman–Crippen LogP) is 15.6. The SMILES string of the molecule is CC(C)(C)n1cc[n+](CP2(=O)[C@H](c3ccccc3)CC[C@H]2c2ccccc2)c1.CC(C)(C)n1ccnc1.CC1(C)C2CC[C@@]1(CS(=O)(=O)C(C)(C)C)C(=O)C2.CP1(=O)[C@H](c2ccccc2)CC[C@H]1c1ccccc1. The number of imidazole rings is 2. The summed E-state index contributed by atoms with van der Waals surface area (Å²) < 4.78 is 58.5. The summed E-state index contributed by atoms with van der Waals surface area (Å²) in [7, 11) is -8.00. The molecule has 4 fully saturated rings. The minimum absolute atomic E-state index is 0.0209. The van der Waals surface area contributed by atoms with Gasteiger partial charge in [-0.05, 0) is 141 Å². The van der Waals surface area contributed by atoms with Crippen molar-refractivity contribution in [3.8, 4) is 0 Å². The Hall–Kier alpha value is -4.62. The summed E-state index contributed by atoms with van der Waals surface area (Å²) in [6, 6.07) is 41.6. The molecular weight excluding hydrogens is 975 g/mol. The Morgan fingerprint density at radius 2 is 1.04 bits per heavy atom. The van der Waals surface area contributed by atoms with Crippen molar-refractivity contribution in [3.05, 3.63) is 181 Å². The van der Waals surface area contributed by atoms with Crippen LogP contribution in [0.15, 0.2) is 159 Å². The Morgan fingerprint density at radius 1 is 0.622 bits per heavy atom. The molecule has 74 heavy (non-hydrogen) atoms. The standard InChI is InChI=1S/C24H30N2OP.C17H19OP.C14H24O3S.C7H12N2/c1-24(2,3)26-17-16-25(18-26)19-28(27)22(20-10-6-4-7-11-20)14-15-23(28)21-12-8-5-9-13-21;1-19(18)16(14-8-4-2-5-9-14)12-13-17(19)15-10-6-3-7-11-15;1-12(2,3)18(16,17)9-14-7-6-10(8-11(14)15)13(14,4)5;1-7(2,3)9-5-4-8-6-9/h4-13,16-18,22-23H,14-15,19H2,1-3H3;2-11,16-17H,12-13H2,1H3;10H,6-9H2,1-5H3;4-6H,1-3H3/q+1;;;/t22-,23-;16-,17-;10?,14-;/m001./s1. The highest BCUT2D eigenvalue weighted by molar-refractivity contribution is 7.92. The van der Waals surface area contributed by atoms with Crippen molar-refractivity contribution < 1.29 is 26.9 Å². The topological polar surface area (TPSA) is 112 Å². The van der Waals surface area contributed by atoms with Crippen LogP contribution in [0.1, 0.15) is 166 Å². The Balaban J connectivity index is 0.000000153. The smallest absolute Gasteiger partial charge is 0.244 e. The first-order valence-corrected chi connectivity index (χ1v) is 32.8. The third-order valence-corrected chi connectivity index (χ3v) is 27.4. The van der Waals surface area contributed by atoms with Gasteiger partial charge in [0.15, 0.2) is 9.84 Å². The average molecular weight is 1060 g/mol. The molecule has 2 aromatic heterocycles. The van der Waals surface area contributed by atoms with Gasteiger partial charge in [-0.25, -0.2) is 22.5 Å². The van der Waals surface area contributed by atoms with Crippen molar-refractivity contribution in [2.45, 2.75) is 166 Å².